The Morgan fingerprint density at radius 2 is 1.92 bits per heavy atom. The van der Waals surface area contributed by atoms with Crippen LogP contribution in [0.15, 0.2) is 83.9 Å². The Bertz CT molecular complexity index is 1570. The molecule has 0 spiro atoms. The van der Waals surface area contributed by atoms with E-state index in [4.69, 9.17) is 9.15 Å². The van der Waals surface area contributed by atoms with Crippen molar-refractivity contribution in [3.05, 3.63) is 85.1 Å². The van der Waals surface area contributed by atoms with Crippen LogP contribution in [0.2, 0.25) is 0 Å². The van der Waals surface area contributed by atoms with Crippen LogP contribution in [0.3, 0.4) is 0 Å². The van der Waals surface area contributed by atoms with Crippen molar-refractivity contribution in [1.82, 2.24) is 15.3 Å². The van der Waals surface area contributed by atoms with Crippen LogP contribution in [0.5, 0.6) is 0 Å². The molecular weight excluding hydrogens is 512 g/mol. The highest BCUT2D eigenvalue weighted by Gasteiger charge is 2.24. The fourth-order valence-electron chi connectivity index (χ4n) is 4.34. The molecule has 1 aromatic carbocycles. The number of nitrogens with one attached hydrogen (secondary N) is 3. The molecule has 0 bridgehead atoms. The molecule has 1 atom stereocenters. The Morgan fingerprint density at radius 3 is 2.67 bits per heavy atom. The van der Waals surface area contributed by atoms with E-state index < -0.39 is 17.6 Å². The van der Waals surface area contributed by atoms with Gasteiger partial charge in [-0.1, -0.05) is 30.3 Å². The van der Waals surface area contributed by atoms with E-state index in [-0.39, 0.29) is 12.5 Å². The molecule has 4 aromatic heterocycles. The van der Waals surface area contributed by atoms with Crippen molar-refractivity contribution in [2.75, 3.05) is 11.9 Å². The number of carbonyl (C=O) groups is 2. The van der Waals surface area contributed by atoms with Gasteiger partial charge in [-0.3, -0.25) is 4.79 Å². The summed E-state index contributed by atoms with van der Waals surface area (Å²) in [5, 5.41) is 7.55. The number of hydrogen-bond donors (Lipinski definition) is 3. The highest BCUT2D eigenvalue weighted by Crippen LogP contribution is 2.44. The highest BCUT2D eigenvalue weighted by molar-refractivity contribution is 7.20. The van der Waals surface area contributed by atoms with E-state index in [0.29, 0.717) is 11.4 Å². The zero-order valence-electron chi connectivity index (χ0n) is 22.0. The largest absolute Gasteiger partial charge is 0.472 e. The molecule has 3 N–H and O–H groups in total. The Kier molecular flexibility index (Phi) is 7.51. The van der Waals surface area contributed by atoms with Crippen molar-refractivity contribution in [3.8, 4) is 21.6 Å². The summed E-state index contributed by atoms with van der Waals surface area (Å²) in [5.41, 5.74) is 4.03. The number of aromatic amines is 1. The Morgan fingerprint density at radius 1 is 1.10 bits per heavy atom. The standard InChI is InChI=1S/C30H30N4O4S/c1-30(2,3)38-29(36)33-16-21(14-19-8-5-4-6-9-19)28(35)34-25-15-23(26(39-25)20-11-13-37-18-20)24-17-32-27-22(24)10-7-12-31-27/h4-13,15,17-18,21H,14,16H2,1-3H3,(H,31,32)(H,33,36)(H,34,35). The molecule has 2 amide bonds. The summed E-state index contributed by atoms with van der Waals surface area (Å²) in [6.45, 7) is 5.54. The van der Waals surface area contributed by atoms with Crippen molar-refractivity contribution < 1.29 is 18.7 Å². The van der Waals surface area contributed by atoms with Crippen LogP contribution in [-0.4, -0.2) is 34.1 Å². The number of alkyl carbamates (subject to hydrolysis) is 1. The molecule has 0 saturated carbocycles. The number of hydrogen-bond acceptors (Lipinski definition) is 6. The zero-order valence-corrected chi connectivity index (χ0v) is 22.8. The number of rotatable bonds is 8. The molecule has 200 valence electrons. The lowest BCUT2D eigenvalue weighted by atomic mass is 9.98. The van der Waals surface area contributed by atoms with E-state index >= 15 is 0 Å². The minimum atomic E-state index is -0.629. The topological polar surface area (TPSA) is 109 Å². The summed E-state index contributed by atoms with van der Waals surface area (Å²) in [5.74, 6) is -0.706. The lowest BCUT2D eigenvalue weighted by Crippen LogP contribution is -2.39. The number of nitrogens with zero attached hydrogens (tertiary/aromatic N) is 1. The van der Waals surface area contributed by atoms with Crippen molar-refractivity contribution in [1.29, 1.82) is 0 Å². The number of ether oxygens (including phenoxy) is 1. The third-order valence-corrected chi connectivity index (χ3v) is 7.19. The SMILES string of the molecule is CC(C)(C)OC(=O)NCC(Cc1ccccc1)C(=O)Nc1cc(-c2c[nH]c3ncccc23)c(-c2ccoc2)s1. The van der Waals surface area contributed by atoms with Gasteiger partial charge in [0.1, 0.15) is 11.2 Å². The minimum absolute atomic E-state index is 0.135. The van der Waals surface area contributed by atoms with Gasteiger partial charge in [-0.05, 0) is 57.0 Å². The average Bonchev–Trinajstić information content (AvgIpc) is 3.65. The molecule has 0 saturated heterocycles. The van der Waals surface area contributed by atoms with E-state index in [9.17, 15) is 9.59 Å². The van der Waals surface area contributed by atoms with Crippen molar-refractivity contribution in [2.45, 2.75) is 32.8 Å². The number of aromatic nitrogens is 2. The molecule has 5 aromatic rings. The van der Waals surface area contributed by atoms with Crippen LogP contribution in [0.1, 0.15) is 26.3 Å². The Labute approximate surface area is 230 Å². The summed E-state index contributed by atoms with van der Waals surface area (Å²) in [6.07, 6.45) is 6.91. The Hall–Kier alpha value is -4.37. The van der Waals surface area contributed by atoms with E-state index in [1.165, 1.54) is 11.3 Å². The molecule has 4 heterocycles. The predicted octanol–water partition coefficient (Wildman–Crippen LogP) is 6.87. The number of carbonyl (C=O) groups excluding carboxylic acids is 2. The fraction of sp³-hybridized carbons (Fsp3) is 0.233. The second-order valence-corrected chi connectivity index (χ2v) is 11.3. The maximum Gasteiger partial charge on any atom is 0.407 e. The fourth-order valence-corrected chi connectivity index (χ4v) is 5.40. The number of pyridine rings is 1. The van der Waals surface area contributed by atoms with Gasteiger partial charge in [-0.15, -0.1) is 11.3 Å². The van der Waals surface area contributed by atoms with E-state index in [1.54, 1.807) is 39.5 Å². The number of H-pyrrole nitrogens is 1. The van der Waals surface area contributed by atoms with Crippen LogP contribution in [0.25, 0.3) is 32.6 Å². The number of anilines is 1. The van der Waals surface area contributed by atoms with Crippen LogP contribution < -0.4 is 10.6 Å². The van der Waals surface area contributed by atoms with E-state index in [1.807, 2.05) is 60.8 Å². The molecule has 0 aliphatic carbocycles. The molecule has 9 heteroatoms. The zero-order chi connectivity index (χ0) is 27.4. The van der Waals surface area contributed by atoms with Gasteiger partial charge in [0.15, 0.2) is 0 Å². The van der Waals surface area contributed by atoms with Gasteiger partial charge >= 0.3 is 6.09 Å². The van der Waals surface area contributed by atoms with Gasteiger partial charge in [0.25, 0.3) is 0 Å². The molecule has 5 rings (SSSR count). The summed E-state index contributed by atoms with van der Waals surface area (Å²) >= 11 is 1.47. The van der Waals surface area contributed by atoms with Gasteiger partial charge in [0.2, 0.25) is 5.91 Å². The summed E-state index contributed by atoms with van der Waals surface area (Å²) in [6, 6.07) is 17.5. The highest BCUT2D eigenvalue weighted by atomic mass is 32.1. The van der Waals surface area contributed by atoms with E-state index in [0.717, 1.165) is 38.2 Å². The summed E-state index contributed by atoms with van der Waals surface area (Å²) < 4.78 is 10.7. The molecule has 0 fully saturated rings. The van der Waals surface area contributed by atoms with Gasteiger partial charge in [-0.25, -0.2) is 9.78 Å². The van der Waals surface area contributed by atoms with Crippen molar-refractivity contribution >= 4 is 39.4 Å². The first-order valence-electron chi connectivity index (χ1n) is 12.7. The summed E-state index contributed by atoms with van der Waals surface area (Å²) in [4.78, 5) is 34.5. The number of benzene rings is 1. The van der Waals surface area contributed by atoms with Crippen LogP contribution in [0, 0.1) is 5.92 Å². The first-order valence-corrected chi connectivity index (χ1v) is 13.5. The number of amides is 2. The van der Waals surface area contributed by atoms with Gasteiger partial charge in [0.05, 0.1) is 23.4 Å². The normalized spacial score (nSPS) is 12.3. The van der Waals surface area contributed by atoms with Gasteiger partial charge in [0, 0.05) is 45.9 Å². The third kappa shape index (κ3) is 6.38. The van der Waals surface area contributed by atoms with Crippen LogP contribution in [0.4, 0.5) is 9.80 Å². The summed E-state index contributed by atoms with van der Waals surface area (Å²) in [7, 11) is 0. The monoisotopic (exact) mass is 542 g/mol. The smallest absolute Gasteiger partial charge is 0.407 e. The minimum Gasteiger partial charge on any atom is -0.472 e. The van der Waals surface area contributed by atoms with Crippen molar-refractivity contribution in [2.24, 2.45) is 5.92 Å². The molecular formula is C30H30N4O4S. The number of thiophene rings is 1. The number of fused-ring (bicyclic) bond motifs is 1. The average molecular weight is 543 g/mol. The second kappa shape index (κ2) is 11.2. The second-order valence-electron chi connectivity index (χ2n) is 10.2. The first kappa shape index (κ1) is 26.2. The molecule has 0 aliphatic rings. The quantitative estimate of drug-likeness (QED) is 0.198. The Balaban J connectivity index is 1.42. The van der Waals surface area contributed by atoms with Gasteiger partial charge < -0.3 is 24.8 Å². The maximum atomic E-state index is 13.6. The third-order valence-electron chi connectivity index (χ3n) is 6.09. The lowest BCUT2D eigenvalue weighted by Gasteiger charge is -2.22. The van der Waals surface area contributed by atoms with E-state index in [2.05, 4.69) is 20.6 Å². The van der Waals surface area contributed by atoms with Gasteiger partial charge in [-0.2, -0.15) is 0 Å². The van der Waals surface area contributed by atoms with Crippen LogP contribution >= 0.6 is 11.3 Å². The molecule has 8 nitrogen and oxygen atoms in total. The van der Waals surface area contributed by atoms with Crippen molar-refractivity contribution in [3.63, 3.8) is 0 Å². The maximum absolute atomic E-state index is 13.6. The lowest BCUT2D eigenvalue weighted by molar-refractivity contribution is -0.119. The van der Waals surface area contributed by atoms with Crippen LogP contribution in [-0.2, 0) is 16.0 Å². The molecule has 1 unspecified atom stereocenters. The number of furan rings is 1. The first-order chi connectivity index (χ1) is 18.8. The molecule has 39 heavy (non-hydrogen) atoms. The predicted molar refractivity (Wildman–Crippen MR) is 154 cm³/mol. The molecule has 0 aliphatic heterocycles. The molecule has 0 radical (unpaired) electrons.